The second-order valence-electron chi connectivity index (χ2n) is 13.7. The summed E-state index contributed by atoms with van der Waals surface area (Å²) >= 11 is 14.3. The van der Waals surface area contributed by atoms with Gasteiger partial charge in [-0.05, 0) is 32.0 Å². The van der Waals surface area contributed by atoms with Gasteiger partial charge in [0.25, 0.3) is 0 Å². The quantitative estimate of drug-likeness (QED) is 0.0802. The third-order valence-electron chi connectivity index (χ3n) is 9.81. The average Bonchev–Trinajstić information content (AvgIpc) is 3.82. The number of nitrogens with zero attached hydrogens (tertiary/aromatic N) is 5. The summed E-state index contributed by atoms with van der Waals surface area (Å²) in [5, 5.41) is 10.2. The maximum atomic E-state index is 12.0. The van der Waals surface area contributed by atoms with Crippen LogP contribution in [0.2, 0.25) is 10.0 Å². The molecule has 2 amide bonds. The summed E-state index contributed by atoms with van der Waals surface area (Å²) in [4.78, 5) is 44.4. The predicted octanol–water partition coefficient (Wildman–Crippen LogP) is 6.60. The molecule has 12 nitrogen and oxygen atoms in total. The van der Waals surface area contributed by atoms with E-state index in [4.69, 9.17) is 47.6 Å². The Morgan fingerprint density at radius 1 is 0.911 bits per heavy atom. The zero-order valence-corrected chi connectivity index (χ0v) is 33.3. The molecule has 56 heavy (non-hydrogen) atoms. The maximum Gasteiger partial charge on any atom is 0.237 e. The minimum atomic E-state index is 0.0626. The van der Waals surface area contributed by atoms with Crippen LogP contribution in [0.3, 0.4) is 0 Å². The maximum absolute atomic E-state index is 12.0. The first-order valence-electron chi connectivity index (χ1n) is 18.5. The largest absolute Gasteiger partial charge is 0.480 e. The minimum absolute atomic E-state index is 0.0626. The molecule has 6 rings (SSSR count). The second kappa shape index (κ2) is 19.1. The highest BCUT2D eigenvalue weighted by molar-refractivity contribution is 6.39. The van der Waals surface area contributed by atoms with Gasteiger partial charge in [-0.2, -0.15) is 0 Å². The van der Waals surface area contributed by atoms with Crippen LogP contribution < -0.4 is 20.7 Å². The van der Waals surface area contributed by atoms with Gasteiger partial charge in [-0.25, -0.2) is 9.98 Å². The fourth-order valence-electron chi connectivity index (χ4n) is 6.96. The first kappa shape index (κ1) is 40.5. The fourth-order valence-corrected chi connectivity index (χ4v) is 7.64. The summed E-state index contributed by atoms with van der Waals surface area (Å²) in [6, 6.07) is 21.7. The summed E-state index contributed by atoms with van der Waals surface area (Å²) in [5.74, 6) is 0.831. The molecule has 1 aromatic heterocycles. The molecule has 3 heterocycles. The van der Waals surface area contributed by atoms with E-state index < -0.39 is 0 Å². The van der Waals surface area contributed by atoms with E-state index >= 15 is 0 Å². The van der Waals surface area contributed by atoms with E-state index in [9.17, 15) is 9.59 Å². The fraction of sp³-hybridized carbons (Fsp3) is 0.333. The molecular weight excluding hydrogens is 751 g/mol. The monoisotopic (exact) mass is 796 g/mol. The molecule has 292 valence electrons. The molecule has 0 aliphatic carbocycles. The van der Waals surface area contributed by atoms with Gasteiger partial charge < -0.3 is 25.4 Å². The standard InChI is InChI=1S/C42H46Cl2N8O4/c1-26(48-41(55-3)35(45-2)21-46-20-28-16-18-37(53)49-28)30-12-8-13-31(39(30)43)32-14-9-15-33(40(32)44)34-22-47-36(42(51-34)56-4)25-52(23-27-10-6-5-7-11-27)24-29-17-19-38(54)50-29/h5-15,22,28-29,46H,2,16-21,23-25H2,1,3-4H3,(H,49,53)(H,50,54)/b41-35+,48-26?/t28-,29-/m0/s1. The van der Waals surface area contributed by atoms with E-state index in [-0.39, 0.29) is 23.9 Å². The lowest BCUT2D eigenvalue weighted by atomic mass is 9.98. The summed E-state index contributed by atoms with van der Waals surface area (Å²) in [6.07, 6.45) is 4.35. The number of amides is 2. The van der Waals surface area contributed by atoms with E-state index in [1.54, 1.807) is 13.3 Å². The Kier molecular flexibility index (Phi) is 13.8. The van der Waals surface area contributed by atoms with Gasteiger partial charge in [0.2, 0.25) is 23.6 Å². The second-order valence-corrected chi connectivity index (χ2v) is 14.5. The number of methoxy groups -OCH3 is 2. The topological polar surface area (TPSA) is 142 Å². The van der Waals surface area contributed by atoms with Crippen LogP contribution >= 0.6 is 23.2 Å². The minimum Gasteiger partial charge on any atom is -0.480 e. The molecule has 2 atom stereocenters. The highest BCUT2D eigenvalue weighted by Gasteiger charge is 2.25. The van der Waals surface area contributed by atoms with E-state index in [0.717, 1.165) is 18.4 Å². The van der Waals surface area contributed by atoms with Crippen LogP contribution in [0.5, 0.6) is 5.88 Å². The molecule has 2 aliphatic rings. The van der Waals surface area contributed by atoms with Crippen LogP contribution in [0.1, 0.15) is 49.4 Å². The Morgan fingerprint density at radius 2 is 1.59 bits per heavy atom. The lowest BCUT2D eigenvalue weighted by Crippen LogP contribution is -2.38. The Balaban J connectivity index is 1.23. The van der Waals surface area contributed by atoms with Crippen LogP contribution in [0.25, 0.3) is 22.4 Å². The van der Waals surface area contributed by atoms with Crippen LogP contribution in [0, 0.1) is 0 Å². The van der Waals surface area contributed by atoms with Crippen molar-refractivity contribution in [3.05, 3.63) is 111 Å². The van der Waals surface area contributed by atoms with Crippen molar-refractivity contribution in [3.8, 4) is 28.3 Å². The molecular formula is C42H46Cl2N8O4. The number of benzene rings is 3. The molecule has 0 bridgehead atoms. The number of carbonyl (C=O) groups excluding carboxylic acids is 2. The van der Waals surface area contributed by atoms with Gasteiger partial charge in [0, 0.05) is 79.9 Å². The summed E-state index contributed by atoms with van der Waals surface area (Å²) in [6.45, 7) is 8.31. The third-order valence-corrected chi connectivity index (χ3v) is 10.6. The molecule has 4 aromatic rings. The van der Waals surface area contributed by atoms with Crippen LogP contribution in [0.15, 0.2) is 94.5 Å². The molecule has 14 heteroatoms. The predicted molar refractivity (Wildman–Crippen MR) is 221 cm³/mol. The summed E-state index contributed by atoms with van der Waals surface area (Å²) in [5.41, 5.74) is 6.27. The molecule has 2 fully saturated rings. The van der Waals surface area contributed by atoms with Gasteiger partial charge in [-0.1, -0.05) is 89.9 Å². The van der Waals surface area contributed by atoms with Gasteiger partial charge in [0.15, 0.2) is 0 Å². The molecule has 3 aromatic carbocycles. The van der Waals surface area contributed by atoms with Gasteiger partial charge in [-0.15, -0.1) is 0 Å². The number of hydrogen-bond acceptors (Lipinski definition) is 10. The van der Waals surface area contributed by atoms with Crippen molar-refractivity contribution in [1.29, 1.82) is 0 Å². The lowest BCUT2D eigenvalue weighted by molar-refractivity contribution is -0.120. The van der Waals surface area contributed by atoms with Crippen molar-refractivity contribution in [2.75, 3.05) is 33.9 Å². The van der Waals surface area contributed by atoms with E-state index in [0.29, 0.717) is 112 Å². The van der Waals surface area contributed by atoms with Gasteiger partial charge in [0.05, 0.1) is 41.9 Å². The lowest BCUT2D eigenvalue weighted by Gasteiger charge is -2.26. The van der Waals surface area contributed by atoms with E-state index in [1.807, 2.05) is 61.5 Å². The Bertz CT molecular complexity index is 2130. The number of nitrogens with one attached hydrogen (secondary N) is 3. The Labute approximate surface area is 337 Å². The highest BCUT2D eigenvalue weighted by atomic mass is 35.5. The Morgan fingerprint density at radius 3 is 2.25 bits per heavy atom. The summed E-state index contributed by atoms with van der Waals surface area (Å²) < 4.78 is 11.4. The van der Waals surface area contributed by atoms with E-state index in [2.05, 4.69) is 44.7 Å². The molecule has 2 saturated heterocycles. The van der Waals surface area contributed by atoms with Gasteiger partial charge >= 0.3 is 0 Å². The smallest absolute Gasteiger partial charge is 0.237 e. The molecule has 0 saturated carbocycles. The third kappa shape index (κ3) is 9.99. The first-order valence-corrected chi connectivity index (χ1v) is 19.3. The van der Waals surface area contributed by atoms with Crippen LogP contribution in [-0.4, -0.2) is 85.0 Å². The van der Waals surface area contributed by atoms with Crippen molar-refractivity contribution in [3.63, 3.8) is 0 Å². The van der Waals surface area contributed by atoms with Gasteiger partial charge in [0.1, 0.15) is 11.4 Å². The summed E-state index contributed by atoms with van der Waals surface area (Å²) in [7, 11) is 3.11. The number of aromatic nitrogens is 2. The normalized spacial score (nSPS) is 17.4. The average molecular weight is 798 g/mol. The van der Waals surface area contributed by atoms with E-state index in [1.165, 1.54) is 7.11 Å². The number of carbonyl (C=O) groups is 2. The van der Waals surface area contributed by atoms with Gasteiger partial charge in [-0.3, -0.25) is 24.5 Å². The number of rotatable bonds is 17. The van der Waals surface area contributed by atoms with Crippen LogP contribution in [0.4, 0.5) is 0 Å². The highest BCUT2D eigenvalue weighted by Crippen LogP contribution is 2.40. The number of halogens is 2. The molecule has 2 aliphatic heterocycles. The van der Waals surface area contributed by atoms with Crippen molar-refractivity contribution in [2.24, 2.45) is 9.98 Å². The SMILES string of the molecule is C=N/C(CNC[C@@H]1CCC(=O)N1)=C(\N=C(C)c1cccc(-c2cccc(-c3cnc(CN(Cc4ccccc4)C[C@@H]4CCC(=O)N4)c(OC)n3)c2Cl)c1Cl)OC. The molecule has 0 spiro atoms. The molecule has 0 radical (unpaired) electrons. The van der Waals surface area contributed by atoms with Crippen molar-refractivity contribution >= 4 is 47.4 Å². The van der Waals surface area contributed by atoms with Crippen molar-refractivity contribution < 1.29 is 19.1 Å². The number of aliphatic imine (C=N–C) groups is 2. The zero-order chi connectivity index (χ0) is 39.6. The van der Waals surface area contributed by atoms with Crippen molar-refractivity contribution in [1.82, 2.24) is 30.8 Å². The van der Waals surface area contributed by atoms with Crippen LogP contribution in [-0.2, 0) is 27.4 Å². The first-order chi connectivity index (χ1) is 27.2. The Hall–Kier alpha value is -5.14. The zero-order valence-electron chi connectivity index (χ0n) is 31.8. The van der Waals surface area contributed by atoms with Crippen molar-refractivity contribution in [2.45, 2.75) is 57.8 Å². The molecule has 0 unspecified atom stereocenters. The molecule has 3 N–H and O–H groups in total. The number of ether oxygens (including phenoxy) is 2. The number of hydrogen-bond donors (Lipinski definition) is 3.